The van der Waals surface area contributed by atoms with Gasteiger partial charge < -0.3 is 0 Å². The van der Waals surface area contributed by atoms with Gasteiger partial charge in [-0.05, 0) is 60.9 Å². The van der Waals surface area contributed by atoms with Crippen molar-refractivity contribution in [1.82, 2.24) is 0 Å². The lowest BCUT2D eigenvalue weighted by Gasteiger charge is -2.38. The Labute approximate surface area is 140 Å². The van der Waals surface area contributed by atoms with Gasteiger partial charge in [-0.1, -0.05) is 63.9 Å². The molecule has 0 saturated heterocycles. The number of alkyl halides is 1. The van der Waals surface area contributed by atoms with E-state index in [1.807, 2.05) is 0 Å². The molecule has 0 fully saturated rings. The first-order valence-corrected chi connectivity index (χ1v) is 9.04. The quantitative estimate of drug-likeness (QED) is 0.599. The minimum Gasteiger partial charge on any atom is -0.0918 e. The van der Waals surface area contributed by atoms with E-state index in [0.29, 0.717) is 0 Å². The molecule has 0 nitrogen and oxygen atoms in total. The second-order valence-electron chi connectivity index (χ2n) is 6.20. The fraction of sp³-hybridized carbons (Fsp3) is 0.368. The van der Waals surface area contributed by atoms with Crippen LogP contribution in [0.1, 0.15) is 35.1 Å². The molecule has 0 amide bonds. The number of benzene rings is 2. The van der Waals surface area contributed by atoms with Crippen molar-refractivity contribution >= 4 is 27.5 Å². The van der Waals surface area contributed by atoms with E-state index in [1.54, 1.807) is 0 Å². The summed E-state index contributed by atoms with van der Waals surface area (Å²) in [5, 5.41) is 1.89. The topological polar surface area (TPSA) is 0 Å². The number of rotatable bonds is 3. The average molecular weight is 364 g/mol. The largest absolute Gasteiger partial charge is 0.0918 e. The first-order chi connectivity index (χ1) is 10.1. The Hall–Kier alpha value is -0.790. The van der Waals surface area contributed by atoms with Gasteiger partial charge in [-0.3, -0.25) is 0 Å². The van der Waals surface area contributed by atoms with Gasteiger partial charge in [0.05, 0.1) is 0 Å². The van der Waals surface area contributed by atoms with Crippen molar-refractivity contribution in [3.63, 3.8) is 0 Å². The van der Waals surface area contributed by atoms with Crippen molar-refractivity contribution in [2.24, 2.45) is 0 Å². The van der Waals surface area contributed by atoms with Gasteiger partial charge in [-0.2, -0.15) is 0 Å². The second-order valence-corrected chi connectivity index (χ2v) is 7.16. The normalized spacial score (nSPS) is 21.1. The number of hydrogen-bond donors (Lipinski definition) is 0. The van der Waals surface area contributed by atoms with Crippen LogP contribution in [-0.2, 0) is 18.3 Å². The Morgan fingerprint density at radius 3 is 2.76 bits per heavy atom. The molecule has 1 atom stereocenters. The number of hydrogen-bond acceptors (Lipinski definition) is 0. The van der Waals surface area contributed by atoms with Crippen molar-refractivity contribution in [2.75, 3.05) is 5.33 Å². The van der Waals surface area contributed by atoms with Crippen LogP contribution in [0.15, 0.2) is 42.5 Å². The van der Waals surface area contributed by atoms with Crippen molar-refractivity contribution in [1.29, 1.82) is 0 Å². The Morgan fingerprint density at radius 2 is 2.00 bits per heavy atom. The van der Waals surface area contributed by atoms with Crippen LogP contribution in [0.4, 0.5) is 0 Å². The molecule has 0 heterocycles. The highest BCUT2D eigenvalue weighted by Gasteiger charge is 2.35. The minimum atomic E-state index is 0.174. The van der Waals surface area contributed by atoms with Crippen LogP contribution in [-0.4, -0.2) is 5.33 Å². The fourth-order valence-corrected chi connectivity index (χ4v) is 4.62. The van der Waals surface area contributed by atoms with Gasteiger partial charge in [0, 0.05) is 15.8 Å². The van der Waals surface area contributed by atoms with Crippen LogP contribution in [0.5, 0.6) is 0 Å². The van der Waals surface area contributed by atoms with E-state index in [2.05, 4.69) is 65.3 Å². The van der Waals surface area contributed by atoms with E-state index in [0.717, 1.165) is 16.8 Å². The number of aryl methyl sites for hydroxylation is 2. The molecule has 1 unspecified atom stereocenters. The molecule has 3 rings (SSSR count). The molecule has 0 radical (unpaired) electrons. The van der Waals surface area contributed by atoms with E-state index in [1.165, 1.54) is 41.5 Å². The number of fused-ring (bicyclic) bond motifs is 1. The molecule has 110 valence electrons. The van der Waals surface area contributed by atoms with E-state index in [9.17, 15) is 0 Å². The summed E-state index contributed by atoms with van der Waals surface area (Å²) in [4.78, 5) is 0. The summed E-state index contributed by atoms with van der Waals surface area (Å²) in [6.45, 7) is 2.09. The summed E-state index contributed by atoms with van der Waals surface area (Å²) in [6, 6.07) is 15.3. The highest BCUT2D eigenvalue weighted by molar-refractivity contribution is 9.09. The molecule has 0 aliphatic heterocycles. The summed E-state index contributed by atoms with van der Waals surface area (Å²) in [5.74, 6) is 0. The SMILES string of the molecule is Cc1ccc(CC2(CBr)CCCc3ccccc32)c(Cl)c1. The van der Waals surface area contributed by atoms with Crippen LogP contribution < -0.4 is 0 Å². The molecule has 1 aliphatic carbocycles. The standard InChI is InChI=1S/C19H20BrCl/c1-14-8-9-16(18(21)11-14)12-19(13-20)10-4-6-15-5-2-3-7-17(15)19/h2-3,5,7-9,11H,4,6,10,12-13H2,1H3. The predicted octanol–water partition coefficient (Wildman–Crippen LogP) is 5.86. The lowest BCUT2D eigenvalue weighted by atomic mass is 9.68. The van der Waals surface area contributed by atoms with E-state index in [4.69, 9.17) is 11.6 Å². The molecular formula is C19H20BrCl. The third-order valence-corrected chi connectivity index (χ3v) is 6.11. The smallest absolute Gasteiger partial charge is 0.0440 e. The predicted molar refractivity (Wildman–Crippen MR) is 94.7 cm³/mol. The van der Waals surface area contributed by atoms with E-state index >= 15 is 0 Å². The van der Waals surface area contributed by atoms with Crippen molar-refractivity contribution in [3.05, 3.63) is 69.7 Å². The zero-order valence-electron chi connectivity index (χ0n) is 12.3. The molecule has 0 spiro atoms. The van der Waals surface area contributed by atoms with Gasteiger partial charge in [0.25, 0.3) is 0 Å². The maximum Gasteiger partial charge on any atom is 0.0440 e. The average Bonchev–Trinajstić information content (AvgIpc) is 2.50. The zero-order valence-corrected chi connectivity index (χ0v) is 14.7. The van der Waals surface area contributed by atoms with Crippen molar-refractivity contribution < 1.29 is 0 Å². The van der Waals surface area contributed by atoms with Crippen LogP contribution in [0.3, 0.4) is 0 Å². The van der Waals surface area contributed by atoms with Crippen LogP contribution >= 0.6 is 27.5 Å². The number of halogens is 2. The third-order valence-electron chi connectivity index (χ3n) is 4.68. The van der Waals surface area contributed by atoms with Crippen LogP contribution in [0, 0.1) is 6.92 Å². The molecular weight excluding hydrogens is 344 g/mol. The molecule has 0 bridgehead atoms. The summed E-state index contributed by atoms with van der Waals surface area (Å²) < 4.78 is 0. The first-order valence-electron chi connectivity index (χ1n) is 7.54. The van der Waals surface area contributed by atoms with E-state index < -0.39 is 0 Å². The lowest BCUT2D eigenvalue weighted by molar-refractivity contribution is 0.401. The minimum absolute atomic E-state index is 0.174. The Balaban J connectivity index is 2.02. The second kappa shape index (κ2) is 6.14. The van der Waals surface area contributed by atoms with Gasteiger partial charge in [0.2, 0.25) is 0 Å². The Bertz CT molecular complexity index is 650. The monoisotopic (exact) mass is 362 g/mol. The Kier molecular flexibility index (Phi) is 4.42. The molecule has 21 heavy (non-hydrogen) atoms. The molecule has 2 aromatic carbocycles. The maximum atomic E-state index is 6.48. The third kappa shape index (κ3) is 2.91. The van der Waals surface area contributed by atoms with Gasteiger partial charge in [-0.15, -0.1) is 0 Å². The fourth-order valence-electron chi connectivity index (χ4n) is 3.54. The van der Waals surface area contributed by atoms with Gasteiger partial charge in [0.1, 0.15) is 0 Å². The van der Waals surface area contributed by atoms with Crippen molar-refractivity contribution in [3.8, 4) is 0 Å². The summed E-state index contributed by atoms with van der Waals surface area (Å²) in [5.41, 5.74) is 5.67. The highest BCUT2D eigenvalue weighted by atomic mass is 79.9. The molecule has 1 aliphatic rings. The van der Waals surface area contributed by atoms with Crippen LogP contribution in [0.2, 0.25) is 5.02 Å². The zero-order chi connectivity index (χ0) is 14.9. The molecule has 2 heteroatoms. The van der Waals surface area contributed by atoms with Gasteiger partial charge in [-0.25, -0.2) is 0 Å². The molecule has 0 saturated carbocycles. The molecule has 0 aromatic heterocycles. The van der Waals surface area contributed by atoms with Gasteiger partial charge in [0.15, 0.2) is 0 Å². The summed E-state index contributed by atoms with van der Waals surface area (Å²) >= 11 is 10.3. The molecule has 2 aromatic rings. The van der Waals surface area contributed by atoms with Crippen molar-refractivity contribution in [2.45, 2.75) is 38.0 Å². The highest BCUT2D eigenvalue weighted by Crippen LogP contribution is 2.42. The first kappa shape index (κ1) is 15.1. The van der Waals surface area contributed by atoms with Crippen LogP contribution in [0.25, 0.3) is 0 Å². The van der Waals surface area contributed by atoms with Gasteiger partial charge >= 0.3 is 0 Å². The Morgan fingerprint density at radius 1 is 1.19 bits per heavy atom. The maximum absolute atomic E-state index is 6.48. The lowest BCUT2D eigenvalue weighted by Crippen LogP contribution is -2.35. The van der Waals surface area contributed by atoms with E-state index in [-0.39, 0.29) is 5.41 Å². The molecule has 0 N–H and O–H groups in total. The summed E-state index contributed by atoms with van der Waals surface area (Å²) in [7, 11) is 0. The summed E-state index contributed by atoms with van der Waals surface area (Å²) in [6.07, 6.45) is 4.69.